The highest BCUT2D eigenvalue weighted by Crippen LogP contribution is 2.44. The summed E-state index contributed by atoms with van der Waals surface area (Å²) in [5, 5.41) is 0.237. The predicted molar refractivity (Wildman–Crippen MR) is 101 cm³/mol. The van der Waals surface area contributed by atoms with Crippen LogP contribution in [-0.2, 0) is 0 Å². The van der Waals surface area contributed by atoms with Gasteiger partial charge in [-0.25, -0.2) is 4.39 Å². The molecule has 0 bridgehead atoms. The molecule has 2 heteroatoms. The van der Waals surface area contributed by atoms with E-state index in [1.165, 1.54) is 64.2 Å². The fourth-order valence-corrected chi connectivity index (χ4v) is 5.11. The van der Waals surface area contributed by atoms with E-state index in [0.29, 0.717) is 5.92 Å². The lowest BCUT2D eigenvalue weighted by Gasteiger charge is -2.38. The average Bonchev–Trinajstić information content (AvgIpc) is 2.63. The van der Waals surface area contributed by atoms with E-state index in [4.69, 9.17) is 11.6 Å². The van der Waals surface area contributed by atoms with Crippen LogP contribution in [0.4, 0.5) is 4.39 Å². The van der Waals surface area contributed by atoms with Crippen LogP contribution in [0.3, 0.4) is 0 Å². The van der Waals surface area contributed by atoms with Gasteiger partial charge in [0.05, 0.1) is 5.02 Å². The van der Waals surface area contributed by atoms with Crippen LogP contribution in [0.5, 0.6) is 0 Å². The lowest BCUT2D eigenvalue weighted by molar-refractivity contribution is 0.157. The van der Waals surface area contributed by atoms with E-state index in [9.17, 15) is 4.39 Å². The van der Waals surface area contributed by atoms with Crippen molar-refractivity contribution >= 4 is 11.6 Å². The monoisotopic (exact) mass is 348 g/mol. The number of hydrogen-bond donors (Lipinski definition) is 0. The van der Waals surface area contributed by atoms with Gasteiger partial charge in [0, 0.05) is 0 Å². The predicted octanol–water partition coefficient (Wildman–Crippen LogP) is 7.53. The van der Waals surface area contributed by atoms with Crippen LogP contribution in [0.25, 0.3) is 0 Å². The fraction of sp³-hybridized carbons (Fsp3) is 0.636. The van der Waals surface area contributed by atoms with Crippen molar-refractivity contribution in [1.29, 1.82) is 0 Å². The second kappa shape index (κ2) is 8.52. The van der Waals surface area contributed by atoms with Crippen molar-refractivity contribution < 1.29 is 4.39 Å². The summed E-state index contributed by atoms with van der Waals surface area (Å²) in [6.07, 6.45) is 15.3. The summed E-state index contributed by atoms with van der Waals surface area (Å²) in [6, 6.07) is 5.38. The second-order valence-electron chi connectivity index (χ2n) is 7.93. The minimum Gasteiger partial charge on any atom is -0.205 e. The van der Waals surface area contributed by atoms with Crippen LogP contribution in [0.15, 0.2) is 30.9 Å². The summed E-state index contributed by atoms with van der Waals surface area (Å²) in [6.45, 7) is 3.84. The first-order valence-electron chi connectivity index (χ1n) is 9.73. The van der Waals surface area contributed by atoms with Gasteiger partial charge in [0.1, 0.15) is 5.82 Å². The first-order valence-corrected chi connectivity index (χ1v) is 10.1. The summed E-state index contributed by atoms with van der Waals surface area (Å²) >= 11 is 5.81. The molecule has 0 aromatic heterocycles. The van der Waals surface area contributed by atoms with E-state index in [1.54, 1.807) is 12.1 Å². The molecule has 0 aliphatic heterocycles. The summed E-state index contributed by atoms with van der Waals surface area (Å²) in [5.74, 6) is 3.03. The van der Waals surface area contributed by atoms with E-state index >= 15 is 0 Å². The standard InChI is InChI=1S/C22H30ClF/c1-2-3-4-16-5-7-17(8-6-16)18-9-11-19(12-10-18)20-13-14-21(23)22(24)15-20/h2,13-19H,1,3-12H2. The van der Waals surface area contributed by atoms with Gasteiger partial charge in [-0.2, -0.15) is 0 Å². The second-order valence-corrected chi connectivity index (χ2v) is 8.34. The van der Waals surface area contributed by atoms with E-state index in [-0.39, 0.29) is 10.8 Å². The maximum atomic E-state index is 13.7. The Morgan fingerprint density at radius 3 is 2.21 bits per heavy atom. The quantitative estimate of drug-likeness (QED) is 0.482. The van der Waals surface area contributed by atoms with Crippen molar-refractivity contribution in [3.8, 4) is 0 Å². The number of rotatable bonds is 5. The third kappa shape index (κ3) is 4.42. The molecule has 0 N–H and O–H groups in total. The maximum Gasteiger partial charge on any atom is 0.142 e. The molecule has 1 aromatic rings. The maximum absolute atomic E-state index is 13.7. The summed E-state index contributed by atoms with van der Waals surface area (Å²) < 4.78 is 13.7. The van der Waals surface area contributed by atoms with Crippen LogP contribution < -0.4 is 0 Å². The van der Waals surface area contributed by atoms with Gasteiger partial charge in [0.25, 0.3) is 0 Å². The highest BCUT2D eigenvalue weighted by atomic mass is 35.5. The van der Waals surface area contributed by atoms with Gasteiger partial charge >= 0.3 is 0 Å². The Bertz CT molecular complexity index is 537. The molecule has 2 saturated carbocycles. The molecule has 24 heavy (non-hydrogen) atoms. The molecule has 0 amide bonds. The Balaban J connectivity index is 1.47. The van der Waals surface area contributed by atoms with E-state index in [2.05, 4.69) is 12.7 Å². The SMILES string of the molecule is C=CCCC1CCC(C2CCC(c3ccc(Cl)c(F)c3)CC2)CC1. The number of benzene rings is 1. The van der Waals surface area contributed by atoms with Crippen molar-refractivity contribution in [2.75, 3.05) is 0 Å². The largest absolute Gasteiger partial charge is 0.205 e. The van der Waals surface area contributed by atoms with Gasteiger partial charge in [0.15, 0.2) is 0 Å². The van der Waals surface area contributed by atoms with Crippen molar-refractivity contribution in [2.45, 2.75) is 70.1 Å². The molecule has 0 heterocycles. The van der Waals surface area contributed by atoms with Crippen molar-refractivity contribution in [3.63, 3.8) is 0 Å². The molecule has 0 radical (unpaired) electrons. The molecule has 1 aromatic carbocycles. The molecule has 2 fully saturated rings. The Kier molecular flexibility index (Phi) is 6.38. The molecule has 0 nitrogen and oxygen atoms in total. The van der Waals surface area contributed by atoms with Gasteiger partial charge in [-0.05, 0) is 92.7 Å². The average molecular weight is 349 g/mol. The molecule has 2 aliphatic rings. The molecule has 2 aliphatic carbocycles. The minimum absolute atomic E-state index is 0.237. The first-order chi connectivity index (χ1) is 11.7. The Hall–Kier alpha value is -0.820. The zero-order chi connectivity index (χ0) is 16.9. The molecule has 0 unspecified atom stereocenters. The van der Waals surface area contributed by atoms with Crippen LogP contribution in [0.1, 0.15) is 75.7 Å². The van der Waals surface area contributed by atoms with Crippen molar-refractivity contribution in [1.82, 2.24) is 0 Å². The van der Waals surface area contributed by atoms with Crippen molar-refractivity contribution in [3.05, 3.63) is 47.3 Å². The van der Waals surface area contributed by atoms with Crippen molar-refractivity contribution in [2.24, 2.45) is 17.8 Å². The Labute approximate surface area is 151 Å². The highest BCUT2D eigenvalue weighted by Gasteiger charge is 2.31. The Morgan fingerprint density at radius 2 is 1.62 bits per heavy atom. The van der Waals surface area contributed by atoms with E-state index < -0.39 is 0 Å². The summed E-state index contributed by atoms with van der Waals surface area (Å²) in [5.41, 5.74) is 1.14. The lowest BCUT2D eigenvalue weighted by atomic mass is 9.68. The third-order valence-corrected chi connectivity index (χ3v) is 6.83. The summed E-state index contributed by atoms with van der Waals surface area (Å²) in [7, 11) is 0. The number of hydrogen-bond acceptors (Lipinski definition) is 0. The molecular weight excluding hydrogens is 319 g/mol. The molecule has 0 atom stereocenters. The van der Waals surface area contributed by atoms with Crippen LogP contribution in [0.2, 0.25) is 5.02 Å². The molecule has 3 rings (SSSR count). The smallest absolute Gasteiger partial charge is 0.142 e. The third-order valence-electron chi connectivity index (χ3n) is 6.52. The van der Waals surface area contributed by atoms with Gasteiger partial charge < -0.3 is 0 Å². The van der Waals surface area contributed by atoms with Crippen LogP contribution in [-0.4, -0.2) is 0 Å². The number of allylic oxidation sites excluding steroid dienone is 1. The fourth-order valence-electron chi connectivity index (χ4n) is 4.99. The van der Waals surface area contributed by atoms with Gasteiger partial charge in [-0.1, -0.05) is 36.6 Å². The van der Waals surface area contributed by atoms with Gasteiger partial charge in [0.2, 0.25) is 0 Å². The van der Waals surface area contributed by atoms with E-state index in [1.807, 2.05) is 6.07 Å². The zero-order valence-electron chi connectivity index (χ0n) is 14.7. The van der Waals surface area contributed by atoms with E-state index in [0.717, 1.165) is 23.3 Å². The molecule has 0 spiro atoms. The van der Waals surface area contributed by atoms with Crippen LogP contribution >= 0.6 is 11.6 Å². The number of halogens is 2. The lowest BCUT2D eigenvalue weighted by Crippen LogP contribution is -2.25. The highest BCUT2D eigenvalue weighted by molar-refractivity contribution is 6.30. The van der Waals surface area contributed by atoms with Gasteiger partial charge in [-0.15, -0.1) is 6.58 Å². The minimum atomic E-state index is -0.269. The van der Waals surface area contributed by atoms with Gasteiger partial charge in [-0.3, -0.25) is 0 Å². The normalized spacial score (nSPS) is 30.9. The van der Waals surface area contributed by atoms with Crippen LogP contribution in [0, 0.1) is 23.6 Å². The zero-order valence-corrected chi connectivity index (χ0v) is 15.4. The molecule has 132 valence electrons. The Morgan fingerprint density at radius 1 is 1.00 bits per heavy atom. The first kappa shape index (κ1) is 18.0. The topological polar surface area (TPSA) is 0 Å². The molecular formula is C22H30ClF. The molecule has 0 saturated heterocycles. The summed E-state index contributed by atoms with van der Waals surface area (Å²) in [4.78, 5) is 0.